The lowest BCUT2D eigenvalue weighted by atomic mass is 9.88. The Labute approximate surface area is 131 Å². The van der Waals surface area contributed by atoms with Crippen LogP contribution in [0.4, 0.5) is 0 Å². The van der Waals surface area contributed by atoms with Crippen molar-refractivity contribution in [2.45, 2.75) is 13.3 Å². The van der Waals surface area contributed by atoms with Crippen molar-refractivity contribution >= 4 is 5.71 Å². The van der Waals surface area contributed by atoms with Crippen LogP contribution < -0.4 is 5.73 Å². The minimum atomic E-state index is 0.431. The standard InChI is InChI=1S/C20H20N2/c1-14-10-11-19(21)18(12-14)20(22)17-9-5-8-16(13-17)15-6-3-2-4-7-15/h2-11,13-14,22H,12,21H2,1H3. The maximum atomic E-state index is 8.53. The molecule has 2 heteroatoms. The average Bonchev–Trinajstić information content (AvgIpc) is 2.57. The van der Waals surface area contributed by atoms with Crippen molar-refractivity contribution in [3.05, 3.63) is 83.6 Å². The quantitative estimate of drug-likeness (QED) is 0.801. The molecule has 2 nitrogen and oxygen atoms in total. The Morgan fingerprint density at radius 3 is 2.55 bits per heavy atom. The third-order valence-corrected chi connectivity index (χ3v) is 4.04. The molecule has 0 fully saturated rings. The zero-order valence-electron chi connectivity index (χ0n) is 12.7. The number of rotatable bonds is 3. The first-order valence-corrected chi connectivity index (χ1v) is 7.57. The molecule has 0 aliphatic heterocycles. The number of hydrogen-bond acceptors (Lipinski definition) is 2. The Morgan fingerprint density at radius 2 is 1.77 bits per heavy atom. The summed E-state index contributed by atoms with van der Waals surface area (Å²) in [5, 5.41) is 8.53. The van der Waals surface area contributed by atoms with Crippen molar-refractivity contribution in [1.29, 1.82) is 5.41 Å². The molecular formula is C20H20N2. The largest absolute Gasteiger partial charge is 0.398 e. The lowest BCUT2D eigenvalue weighted by Gasteiger charge is -2.19. The summed E-state index contributed by atoms with van der Waals surface area (Å²) in [6.45, 7) is 2.15. The smallest absolute Gasteiger partial charge is 0.0665 e. The molecule has 0 spiro atoms. The van der Waals surface area contributed by atoms with Crippen LogP contribution in [0.1, 0.15) is 18.9 Å². The fraction of sp³-hybridized carbons (Fsp3) is 0.150. The first kappa shape index (κ1) is 14.3. The molecule has 3 N–H and O–H groups in total. The molecule has 2 aromatic carbocycles. The Kier molecular flexibility index (Phi) is 3.92. The van der Waals surface area contributed by atoms with Crippen molar-refractivity contribution in [2.24, 2.45) is 11.7 Å². The van der Waals surface area contributed by atoms with Crippen molar-refractivity contribution in [3.8, 4) is 11.1 Å². The van der Waals surface area contributed by atoms with Gasteiger partial charge < -0.3 is 5.73 Å². The highest BCUT2D eigenvalue weighted by Gasteiger charge is 2.17. The van der Waals surface area contributed by atoms with Gasteiger partial charge in [0, 0.05) is 16.8 Å². The molecule has 110 valence electrons. The highest BCUT2D eigenvalue weighted by Crippen LogP contribution is 2.26. The lowest BCUT2D eigenvalue weighted by Crippen LogP contribution is -2.16. The number of nitrogens with one attached hydrogen (secondary N) is 1. The highest BCUT2D eigenvalue weighted by molar-refractivity contribution is 6.11. The van der Waals surface area contributed by atoms with E-state index in [9.17, 15) is 0 Å². The zero-order valence-corrected chi connectivity index (χ0v) is 12.7. The van der Waals surface area contributed by atoms with E-state index < -0.39 is 0 Å². The molecule has 0 aromatic heterocycles. The molecule has 1 unspecified atom stereocenters. The van der Waals surface area contributed by atoms with Gasteiger partial charge in [-0.25, -0.2) is 0 Å². The van der Waals surface area contributed by atoms with Crippen LogP contribution in [0, 0.1) is 11.3 Å². The van der Waals surface area contributed by atoms with Crippen LogP contribution in [0.25, 0.3) is 11.1 Å². The van der Waals surface area contributed by atoms with Gasteiger partial charge in [-0.15, -0.1) is 0 Å². The van der Waals surface area contributed by atoms with Crippen LogP contribution in [-0.2, 0) is 0 Å². The summed E-state index contributed by atoms with van der Waals surface area (Å²) in [5.74, 6) is 0.431. The van der Waals surface area contributed by atoms with E-state index in [4.69, 9.17) is 11.1 Å². The third-order valence-electron chi connectivity index (χ3n) is 4.04. The van der Waals surface area contributed by atoms with Gasteiger partial charge in [-0.1, -0.05) is 61.5 Å². The predicted molar refractivity (Wildman–Crippen MR) is 92.8 cm³/mol. The van der Waals surface area contributed by atoms with Gasteiger partial charge in [0.25, 0.3) is 0 Å². The zero-order chi connectivity index (χ0) is 15.5. The molecule has 0 saturated heterocycles. The second kappa shape index (κ2) is 6.02. The fourth-order valence-corrected chi connectivity index (χ4v) is 2.78. The van der Waals surface area contributed by atoms with Crippen LogP contribution in [0.15, 0.2) is 78.0 Å². The number of allylic oxidation sites excluding steroid dienone is 3. The first-order valence-electron chi connectivity index (χ1n) is 7.57. The molecule has 1 aliphatic carbocycles. The molecule has 0 heterocycles. The highest BCUT2D eigenvalue weighted by atomic mass is 14.6. The lowest BCUT2D eigenvalue weighted by molar-refractivity contribution is 0.715. The molecular weight excluding hydrogens is 268 g/mol. The SMILES string of the molecule is CC1C=CC(N)=C(C(=N)c2cccc(-c3ccccc3)c2)C1. The molecule has 0 amide bonds. The third kappa shape index (κ3) is 2.86. The Bertz CT molecular complexity index is 754. The van der Waals surface area contributed by atoms with Gasteiger partial charge in [-0.2, -0.15) is 0 Å². The van der Waals surface area contributed by atoms with Crippen molar-refractivity contribution < 1.29 is 0 Å². The van der Waals surface area contributed by atoms with Crippen LogP contribution in [0.5, 0.6) is 0 Å². The van der Waals surface area contributed by atoms with Crippen LogP contribution >= 0.6 is 0 Å². The topological polar surface area (TPSA) is 49.9 Å². The van der Waals surface area contributed by atoms with Crippen LogP contribution in [-0.4, -0.2) is 5.71 Å². The fourth-order valence-electron chi connectivity index (χ4n) is 2.78. The second-order valence-corrected chi connectivity index (χ2v) is 5.80. The first-order chi connectivity index (χ1) is 10.6. The van der Waals surface area contributed by atoms with Crippen molar-refractivity contribution in [3.63, 3.8) is 0 Å². The summed E-state index contributed by atoms with van der Waals surface area (Å²) in [4.78, 5) is 0. The second-order valence-electron chi connectivity index (χ2n) is 5.80. The summed E-state index contributed by atoms with van der Waals surface area (Å²) >= 11 is 0. The number of nitrogens with two attached hydrogens (primary N) is 1. The van der Waals surface area contributed by atoms with Gasteiger partial charge in [-0.05, 0) is 35.6 Å². The normalized spacial score (nSPS) is 17.6. The van der Waals surface area contributed by atoms with E-state index in [0.717, 1.165) is 28.7 Å². The summed E-state index contributed by atoms with van der Waals surface area (Å²) in [5.41, 5.74) is 11.5. The van der Waals surface area contributed by atoms with E-state index in [1.54, 1.807) is 0 Å². The van der Waals surface area contributed by atoms with Gasteiger partial charge in [-0.3, -0.25) is 5.41 Å². The summed E-state index contributed by atoms with van der Waals surface area (Å²) in [6.07, 6.45) is 4.86. The number of hydrogen-bond donors (Lipinski definition) is 2. The maximum absolute atomic E-state index is 8.53. The van der Waals surface area contributed by atoms with E-state index in [1.165, 1.54) is 0 Å². The molecule has 22 heavy (non-hydrogen) atoms. The van der Waals surface area contributed by atoms with E-state index >= 15 is 0 Å². The van der Waals surface area contributed by atoms with E-state index in [2.05, 4.69) is 37.3 Å². The average molecular weight is 288 g/mol. The van der Waals surface area contributed by atoms with Gasteiger partial charge in [0.05, 0.1) is 5.71 Å². The molecule has 1 aliphatic rings. The van der Waals surface area contributed by atoms with Crippen molar-refractivity contribution in [2.75, 3.05) is 0 Å². The molecule has 1 atom stereocenters. The Morgan fingerprint density at radius 1 is 1.05 bits per heavy atom. The minimum Gasteiger partial charge on any atom is -0.398 e. The molecule has 3 rings (SSSR count). The molecule has 2 aromatic rings. The molecule has 0 saturated carbocycles. The van der Waals surface area contributed by atoms with Gasteiger partial charge in [0.2, 0.25) is 0 Å². The van der Waals surface area contributed by atoms with Crippen LogP contribution in [0.2, 0.25) is 0 Å². The monoisotopic (exact) mass is 288 g/mol. The summed E-state index contributed by atoms with van der Waals surface area (Å²) in [7, 11) is 0. The Hall–Kier alpha value is -2.61. The van der Waals surface area contributed by atoms with E-state index in [0.29, 0.717) is 17.3 Å². The van der Waals surface area contributed by atoms with Gasteiger partial charge in [0.15, 0.2) is 0 Å². The summed E-state index contributed by atoms with van der Waals surface area (Å²) < 4.78 is 0. The van der Waals surface area contributed by atoms with Gasteiger partial charge >= 0.3 is 0 Å². The summed E-state index contributed by atoms with van der Waals surface area (Å²) in [6, 6.07) is 18.4. The van der Waals surface area contributed by atoms with E-state index in [1.807, 2.05) is 36.4 Å². The van der Waals surface area contributed by atoms with Crippen LogP contribution in [0.3, 0.4) is 0 Å². The minimum absolute atomic E-state index is 0.431. The molecule has 0 bridgehead atoms. The maximum Gasteiger partial charge on any atom is 0.0665 e. The Balaban J connectivity index is 1.96. The molecule has 0 radical (unpaired) electrons. The van der Waals surface area contributed by atoms with E-state index in [-0.39, 0.29) is 0 Å². The van der Waals surface area contributed by atoms with Crippen molar-refractivity contribution in [1.82, 2.24) is 0 Å². The predicted octanol–water partition coefficient (Wildman–Crippen LogP) is 4.53. The van der Waals surface area contributed by atoms with Gasteiger partial charge in [0.1, 0.15) is 0 Å². The number of benzene rings is 2.